The second-order valence-corrected chi connectivity index (χ2v) is 12.4. The second kappa shape index (κ2) is 12.3. The molecule has 3 aliphatic rings. The maximum Gasteiger partial charge on any atom is 0.308 e. The first-order chi connectivity index (χ1) is 22.0. The number of para-hydroxylation sites is 1. The predicted octanol–water partition coefficient (Wildman–Crippen LogP) is 5.58. The summed E-state index contributed by atoms with van der Waals surface area (Å²) >= 11 is 0. The molecule has 0 unspecified atom stereocenters. The number of benzene rings is 2. The van der Waals surface area contributed by atoms with E-state index in [1.807, 2.05) is 37.5 Å². The van der Waals surface area contributed by atoms with Gasteiger partial charge in [-0.2, -0.15) is 0 Å². The van der Waals surface area contributed by atoms with Crippen molar-refractivity contribution in [3.8, 4) is 28.1 Å². The fraction of sp³-hybridized carbons (Fsp3) is 0.400. The van der Waals surface area contributed by atoms with Gasteiger partial charge in [-0.05, 0) is 80.7 Å². The van der Waals surface area contributed by atoms with E-state index in [1.165, 1.54) is 5.56 Å². The van der Waals surface area contributed by atoms with Gasteiger partial charge >= 0.3 is 5.97 Å². The lowest BCUT2D eigenvalue weighted by Gasteiger charge is -2.42. The lowest BCUT2D eigenvalue weighted by molar-refractivity contribution is -0.149. The van der Waals surface area contributed by atoms with E-state index in [1.54, 1.807) is 12.1 Å². The second-order valence-electron chi connectivity index (χ2n) is 12.4. The van der Waals surface area contributed by atoms with Crippen molar-refractivity contribution in [1.82, 2.24) is 20.2 Å². The number of nitrogens with zero attached hydrogens (tertiary/aromatic N) is 6. The molecular formula is C35H39N7O3. The number of hydrogen-bond donors (Lipinski definition) is 2. The van der Waals surface area contributed by atoms with Crippen LogP contribution in [-0.2, 0) is 9.53 Å². The van der Waals surface area contributed by atoms with E-state index in [0.29, 0.717) is 29.6 Å². The molecule has 1 aliphatic carbocycles. The van der Waals surface area contributed by atoms with Gasteiger partial charge in [0, 0.05) is 48.7 Å². The van der Waals surface area contributed by atoms with E-state index in [4.69, 9.17) is 20.4 Å². The number of aromatic nitrogens is 4. The Balaban J connectivity index is 1.01. The number of rotatable bonds is 7. The topological polar surface area (TPSA) is 131 Å². The molecule has 10 heteroatoms. The number of ether oxygens (including phenoxy) is 1. The summed E-state index contributed by atoms with van der Waals surface area (Å²) in [5, 5.41) is 18.8. The SMILES string of the molecule is CCOC(=O)C1CCC(c2ccc(-c3cnc(N4[C@H]5CC[C@H]4CN(c4cc(-c6ccccc6O)nnc4N)C5)nc3)cc2)CC1. The van der Waals surface area contributed by atoms with Gasteiger partial charge in [0.15, 0.2) is 5.82 Å². The number of anilines is 3. The summed E-state index contributed by atoms with van der Waals surface area (Å²) in [5.74, 6) is 1.80. The van der Waals surface area contributed by atoms with E-state index < -0.39 is 0 Å². The smallest absolute Gasteiger partial charge is 0.308 e. The van der Waals surface area contributed by atoms with E-state index in [-0.39, 0.29) is 29.7 Å². The fourth-order valence-electron chi connectivity index (χ4n) is 7.37. The number of nitrogen functional groups attached to an aromatic ring is 1. The monoisotopic (exact) mass is 605 g/mol. The number of carbonyl (C=O) groups excluding carboxylic acids is 1. The summed E-state index contributed by atoms with van der Waals surface area (Å²) in [4.78, 5) is 26.4. The number of carbonyl (C=O) groups is 1. The highest BCUT2D eigenvalue weighted by atomic mass is 16.5. The summed E-state index contributed by atoms with van der Waals surface area (Å²) in [6.45, 7) is 3.87. The summed E-state index contributed by atoms with van der Waals surface area (Å²) in [7, 11) is 0. The molecule has 7 rings (SSSR count). The first-order valence-electron chi connectivity index (χ1n) is 16.0. The standard InChI is InChI=1S/C35H39N7O3/c1-2-45-34(44)25-13-11-23(12-14-25)22-7-9-24(10-8-22)26-18-37-35(38-19-26)42-27-15-16-28(42)21-41(20-27)31-17-30(39-40-33(31)36)29-5-3-4-6-32(29)43/h3-10,17-19,23,25,27-28,43H,2,11-16,20-21H2,1H3,(H2,36,40)/t23?,25?,27-,28-/m0/s1. The first-order valence-corrected chi connectivity index (χ1v) is 16.0. The fourth-order valence-corrected chi connectivity index (χ4v) is 7.37. The third kappa shape index (κ3) is 5.77. The Labute approximate surface area is 263 Å². The van der Waals surface area contributed by atoms with Crippen LogP contribution in [0.1, 0.15) is 56.9 Å². The number of phenols is 1. The van der Waals surface area contributed by atoms with Gasteiger partial charge in [-0.3, -0.25) is 4.79 Å². The van der Waals surface area contributed by atoms with Crippen molar-refractivity contribution in [3.05, 3.63) is 72.6 Å². The minimum Gasteiger partial charge on any atom is -0.507 e. The van der Waals surface area contributed by atoms with E-state index in [0.717, 1.165) is 74.4 Å². The van der Waals surface area contributed by atoms with E-state index in [9.17, 15) is 9.90 Å². The summed E-state index contributed by atoms with van der Waals surface area (Å²) in [6, 6.07) is 18.3. The van der Waals surface area contributed by atoms with Crippen molar-refractivity contribution in [2.24, 2.45) is 5.92 Å². The highest BCUT2D eigenvalue weighted by molar-refractivity contribution is 5.75. The molecule has 45 heavy (non-hydrogen) atoms. The minimum absolute atomic E-state index is 0.0419. The van der Waals surface area contributed by atoms with Gasteiger partial charge in [0.05, 0.1) is 23.9 Å². The average molecular weight is 606 g/mol. The molecule has 0 radical (unpaired) electrons. The number of hydrogen-bond acceptors (Lipinski definition) is 10. The Morgan fingerprint density at radius 1 is 0.911 bits per heavy atom. The molecule has 10 nitrogen and oxygen atoms in total. The molecule has 2 aromatic heterocycles. The van der Waals surface area contributed by atoms with Crippen LogP contribution in [0.2, 0.25) is 0 Å². The third-order valence-electron chi connectivity index (χ3n) is 9.74. The number of esters is 1. The van der Waals surface area contributed by atoms with Gasteiger partial charge in [0.2, 0.25) is 5.95 Å². The van der Waals surface area contributed by atoms with Crippen LogP contribution in [0.25, 0.3) is 22.4 Å². The zero-order valence-corrected chi connectivity index (χ0v) is 25.5. The lowest BCUT2D eigenvalue weighted by atomic mass is 9.78. The van der Waals surface area contributed by atoms with E-state index in [2.05, 4.69) is 44.3 Å². The Morgan fingerprint density at radius 2 is 1.60 bits per heavy atom. The lowest BCUT2D eigenvalue weighted by Crippen LogP contribution is -2.54. The minimum atomic E-state index is -0.0419. The number of aromatic hydroxyl groups is 1. The molecule has 3 N–H and O–H groups in total. The van der Waals surface area contributed by atoms with Crippen molar-refractivity contribution < 1.29 is 14.6 Å². The molecule has 4 aromatic rings. The molecule has 4 heterocycles. The van der Waals surface area contributed by atoms with Gasteiger partial charge in [0.25, 0.3) is 0 Å². The van der Waals surface area contributed by atoms with Crippen molar-refractivity contribution >= 4 is 23.4 Å². The van der Waals surface area contributed by atoms with Gasteiger partial charge < -0.3 is 25.4 Å². The maximum atomic E-state index is 12.1. The van der Waals surface area contributed by atoms with Gasteiger partial charge in [-0.25, -0.2) is 9.97 Å². The molecule has 0 spiro atoms. The molecule has 2 aliphatic heterocycles. The first kappa shape index (κ1) is 29.0. The number of piperazine rings is 1. The van der Waals surface area contributed by atoms with E-state index >= 15 is 0 Å². The normalized spacial score (nSPS) is 22.8. The highest BCUT2D eigenvalue weighted by Crippen LogP contribution is 2.39. The Bertz CT molecular complexity index is 1640. The van der Waals surface area contributed by atoms with Gasteiger partial charge in [-0.1, -0.05) is 36.4 Å². The van der Waals surface area contributed by atoms with Crippen molar-refractivity contribution in [1.29, 1.82) is 0 Å². The Kier molecular flexibility index (Phi) is 7.95. The van der Waals surface area contributed by atoms with Gasteiger partial charge in [0.1, 0.15) is 5.75 Å². The summed E-state index contributed by atoms with van der Waals surface area (Å²) < 4.78 is 5.23. The number of phenolic OH excluding ortho intramolecular Hbond substituents is 1. The van der Waals surface area contributed by atoms with Crippen LogP contribution < -0.4 is 15.5 Å². The van der Waals surface area contributed by atoms with Crippen LogP contribution in [-0.4, -0.2) is 63.0 Å². The highest BCUT2D eigenvalue weighted by Gasteiger charge is 2.42. The molecule has 0 amide bonds. The number of fused-ring (bicyclic) bond motifs is 2. The molecule has 2 atom stereocenters. The summed E-state index contributed by atoms with van der Waals surface area (Å²) in [6.07, 6.45) is 9.77. The molecule has 1 saturated carbocycles. The molecule has 2 aromatic carbocycles. The van der Waals surface area contributed by atoms with Crippen LogP contribution in [0, 0.1) is 5.92 Å². The van der Waals surface area contributed by atoms with Crippen LogP contribution in [0.4, 0.5) is 17.5 Å². The van der Waals surface area contributed by atoms with Crippen molar-refractivity contribution in [3.63, 3.8) is 0 Å². The molecule has 2 bridgehead atoms. The molecule has 232 valence electrons. The maximum absolute atomic E-state index is 12.1. The average Bonchev–Trinajstić information content (AvgIpc) is 3.34. The number of nitrogens with two attached hydrogens (primary N) is 1. The Morgan fingerprint density at radius 3 is 2.27 bits per heavy atom. The van der Waals surface area contributed by atoms with Crippen molar-refractivity contribution in [2.45, 2.75) is 63.5 Å². The quantitative estimate of drug-likeness (QED) is 0.257. The zero-order valence-electron chi connectivity index (χ0n) is 25.5. The van der Waals surface area contributed by atoms with Crippen LogP contribution in [0.3, 0.4) is 0 Å². The Hall–Kier alpha value is -4.73. The molecule has 2 saturated heterocycles. The largest absolute Gasteiger partial charge is 0.507 e. The van der Waals surface area contributed by atoms with Crippen LogP contribution in [0.15, 0.2) is 67.0 Å². The zero-order chi connectivity index (χ0) is 30.9. The molecule has 3 fully saturated rings. The molecular weight excluding hydrogens is 566 g/mol. The van der Waals surface area contributed by atoms with Crippen LogP contribution in [0.5, 0.6) is 5.75 Å². The summed E-state index contributed by atoms with van der Waals surface area (Å²) in [5.41, 5.74) is 11.8. The predicted molar refractivity (Wildman–Crippen MR) is 174 cm³/mol. The van der Waals surface area contributed by atoms with Crippen LogP contribution >= 0.6 is 0 Å². The van der Waals surface area contributed by atoms with Gasteiger partial charge in [-0.15, -0.1) is 10.2 Å². The van der Waals surface area contributed by atoms with Crippen molar-refractivity contribution in [2.75, 3.05) is 35.2 Å². The third-order valence-corrected chi connectivity index (χ3v) is 9.74.